The first-order valence-electron chi connectivity index (χ1n) is 6.22. The Morgan fingerprint density at radius 3 is 2.58 bits per heavy atom. The summed E-state index contributed by atoms with van der Waals surface area (Å²) in [6.07, 6.45) is 1.14. The lowest BCUT2D eigenvalue weighted by Gasteiger charge is -2.32. The Bertz CT molecular complexity index is 636. The molecule has 0 saturated carbocycles. The van der Waals surface area contributed by atoms with Crippen molar-refractivity contribution in [3.8, 4) is 0 Å². The lowest BCUT2D eigenvalue weighted by atomic mass is 9.75. The van der Waals surface area contributed by atoms with E-state index in [9.17, 15) is 9.90 Å². The van der Waals surface area contributed by atoms with Gasteiger partial charge in [0.05, 0.1) is 0 Å². The number of hydrogen-bond donors (Lipinski definition) is 1. The molecule has 96 valence electrons. The second kappa shape index (κ2) is 4.58. The Labute approximate surface area is 120 Å². The van der Waals surface area contributed by atoms with E-state index in [1.165, 1.54) is 0 Å². The number of fused-ring (bicyclic) bond motifs is 1. The van der Waals surface area contributed by atoms with Crippen molar-refractivity contribution >= 4 is 21.7 Å². The molecule has 0 aromatic heterocycles. The van der Waals surface area contributed by atoms with Crippen molar-refractivity contribution < 1.29 is 9.90 Å². The maximum absolute atomic E-state index is 12.6. The van der Waals surface area contributed by atoms with Gasteiger partial charge in [0.2, 0.25) is 0 Å². The van der Waals surface area contributed by atoms with Gasteiger partial charge in [0.15, 0.2) is 11.4 Å². The van der Waals surface area contributed by atoms with Gasteiger partial charge in [0.1, 0.15) is 0 Å². The topological polar surface area (TPSA) is 37.3 Å². The highest BCUT2D eigenvalue weighted by Crippen LogP contribution is 2.37. The van der Waals surface area contributed by atoms with Crippen molar-refractivity contribution in [3.05, 3.63) is 69.7 Å². The Kier molecular flexibility index (Phi) is 3.03. The van der Waals surface area contributed by atoms with Crippen LogP contribution in [0.5, 0.6) is 0 Å². The fourth-order valence-electron chi connectivity index (χ4n) is 2.62. The van der Waals surface area contributed by atoms with Gasteiger partial charge in [-0.1, -0.05) is 52.3 Å². The Hall–Kier alpha value is -1.45. The van der Waals surface area contributed by atoms with Gasteiger partial charge < -0.3 is 5.11 Å². The zero-order valence-corrected chi connectivity index (χ0v) is 11.9. The number of rotatable bonds is 1. The molecule has 19 heavy (non-hydrogen) atoms. The molecule has 1 aliphatic carbocycles. The molecular formula is C16H13BrO2. The van der Waals surface area contributed by atoms with Gasteiger partial charge in [0.25, 0.3) is 0 Å². The molecule has 3 heteroatoms. The fraction of sp³-hybridized carbons (Fsp3) is 0.188. The van der Waals surface area contributed by atoms with Gasteiger partial charge in [0, 0.05) is 10.0 Å². The maximum Gasteiger partial charge on any atom is 0.199 e. The number of carbonyl (C=O) groups excluding carboxylic acids is 1. The number of aliphatic hydroxyl groups is 1. The van der Waals surface area contributed by atoms with Crippen LogP contribution in [0.4, 0.5) is 0 Å². The maximum atomic E-state index is 12.6. The zero-order chi connectivity index (χ0) is 13.5. The molecule has 1 aliphatic rings. The highest BCUT2D eigenvalue weighted by Gasteiger charge is 2.42. The van der Waals surface area contributed by atoms with E-state index in [4.69, 9.17) is 0 Å². The molecule has 0 radical (unpaired) electrons. The van der Waals surface area contributed by atoms with E-state index in [1.54, 1.807) is 18.2 Å². The van der Waals surface area contributed by atoms with E-state index in [1.807, 2.05) is 30.3 Å². The number of halogens is 1. The minimum absolute atomic E-state index is 0.207. The number of ketones is 1. The summed E-state index contributed by atoms with van der Waals surface area (Å²) < 4.78 is 0.858. The second-order valence-electron chi connectivity index (χ2n) is 4.86. The smallest absolute Gasteiger partial charge is 0.199 e. The van der Waals surface area contributed by atoms with Gasteiger partial charge in [-0.05, 0) is 36.1 Å². The monoisotopic (exact) mass is 316 g/mol. The zero-order valence-electron chi connectivity index (χ0n) is 10.3. The molecule has 2 aromatic rings. The Morgan fingerprint density at radius 1 is 1.11 bits per heavy atom. The van der Waals surface area contributed by atoms with Crippen LogP contribution in [0.3, 0.4) is 0 Å². The Morgan fingerprint density at radius 2 is 1.84 bits per heavy atom. The van der Waals surface area contributed by atoms with Crippen LogP contribution in [0, 0.1) is 0 Å². The standard InChI is InChI=1S/C16H13BrO2/c17-13-7-6-11-8-9-16(19,15(18)14(11)10-13)12-4-2-1-3-5-12/h1-7,10,19H,8-9H2. The van der Waals surface area contributed by atoms with Crippen molar-refractivity contribution in [2.75, 3.05) is 0 Å². The average molecular weight is 317 g/mol. The molecule has 1 atom stereocenters. The SMILES string of the molecule is O=C1c2cc(Br)ccc2CCC1(O)c1ccccc1. The second-order valence-corrected chi connectivity index (χ2v) is 5.77. The quantitative estimate of drug-likeness (QED) is 0.874. The normalized spacial score (nSPS) is 22.1. The fourth-order valence-corrected chi connectivity index (χ4v) is 2.98. The molecule has 0 bridgehead atoms. The molecule has 1 N–H and O–H groups in total. The summed E-state index contributed by atoms with van der Waals surface area (Å²) in [6, 6.07) is 14.9. The molecule has 3 rings (SSSR count). The van der Waals surface area contributed by atoms with Crippen molar-refractivity contribution in [2.45, 2.75) is 18.4 Å². The first kappa shape index (κ1) is 12.6. The summed E-state index contributed by atoms with van der Waals surface area (Å²) >= 11 is 3.38. The van der Waals surface area contributed by atoms with E-state index in [0.717, 1.165) is 10.0 Å². The number of carbonyl (C=O) groups is 1. The van der Waals surface area contributed by atoms with Gasteiger partial charge in [-0.3, -0.25) is 4.79 Å². The Balaban J connectivity index is 2.11. The van der Waals surface area contributed by atoms with Crippen LogP contribution in [-0.4, -0.2) is 10.9 Å². The summed E-state index contributed by atoms with van der Waals surface area (Å²) in [7, 11) is 0. The third-order valence-electron chi connectivity index (χ3n) is 3.70. The number of benzene rings is 2. The summed E-state index contributed by atoms with van der Waals surface area (Å²) in [5.74, 6) is -0.207. The molecular weight excluding hydrogens is 304 g/mol. The van der Waals surface area contributed by atoms with E-state index >= 15 is 0 Å². The van der Waals surface area contributed by atoms with Crippen molar-refractivity contribution in [3.63, 3.8) is 0 Å². The minimum atomic E-state index is -1.39. The minimum Gasteiger partial charge on any atom is -0.377 e. The molecule has 2 aromatic carbocycles. The lowest BCUT2D eigenvalue weighted by molar-refractivity contribution is 0.0222. The van der Waals surface area contributed by atoms with Gasteiger partial charge in [-0.15, -0.1) is 0 Å². The van der Waals surface area contributed by atoms with E-state index in [0.29, 0.717) is 24.0 Å². The molecule has 0 amide bonds. The van der Waals surface area contributed by atoms with Crippen LogP contribution in [0.25, 0.3) is 0 Å². The molecule has 2 nitrogen and oxygen atoms in total. The van der Waals surface area contributed by atoms with Crippen molar-refractivity contribution in [2.24, 2.45) is 0 Å². The molecule has 1 unspecified atom stereocenters. The highest BCUT2D eigenvalue weighted by molar-refractivity contribution is 9.10. The lowest BCUT2D eigenvalue weighted by Crippen LogP contribution is -2.40. The molecule has 0 heterocycles. The molecule has 0 aliphatic heterocycles. The predicted molar refractivity (Wildman–Crippen MR) is 77.1 cm³/mol. The van der Waals surface area contributed by atoms with Crippen LogP contribution in [0.1, 0.15) is 27.9 Å². The van der Waals surface area contributed by atoms with Crippen molar-refractivity contribution in [1.29, 1.82) is 0 Å². The third kappa shape index (κ3) is 2.03. The summed E-state index contributed by atoms with van der Waals surface area (Å²) in [4.78, 5) is 12.6. The van der Waals surface area contributed by atoms with Crippen LogP contribution in [-0.2, 0) is 12.0 Å². The molecule has 0 fully saturated rings. The number of Topliss-reactive ketones (excluding diaryl/α,β-unsaturated/α-hetero) is 1. The summed E-state index contributed by atoms with van der Waals surface area (Å²) in [5.41, 5.74) is 0.904. The predicted octanol–water partition coefficient (Wildman–Crippen LogP) is 3.47. The van der Waals surface area contributed by atoms with E-state index in [-0.39, 0.29) is 5.78 Å². The average Bonchev–Trinajstić information content (AvgIpc) is 2.45. The van der Waals surface area contributed by atoms with Gasteiger partial charge >= 0.3 is 0 Å². The molecule has 0 spiro atoms. The number of hydrogen-bond acceptors (Lipinski definition) is 2. The largest absolute Gasteiger partial charge is 0.377 e. The summed E-state index contributed by atoms with van der Waals surface area (Å²) in [5, 5.41) is 10.8. The first-order valence-corrected chi connectivity index (χ1v) is 7.02. The number of aryl methyl sites for hydroxylation is 1. The third-order valence-corrected chi connectivity index (χ3v) is 4.19. The van der Waals surface area contributed by atoms with Gasteiger partial charge in [-0.2, -0.15) is 0 Å². The highest BCUT2D eigenvalue weighted by atomic mass is 79.9. The van der Waals surface area contributed by atoms with E-state index in [2.05, 4.69) is 15.9 Å². The van der Waals surface area contributed by atoms with Crippen LogP contribution in [0.15, 0.2) is 53.0 Å². The van der Waals surface area contributed by atoms with E-state index < -0.39 is 5.60 Å². The molecule has 0 saturated heterocycles. The van der Waals surface area contributed by atoms with Crippen molar-refractivity contribution in [1.82, 2.24) is 0 Å². The van der Waals surface area contributed by atoms with Gasteiger partial charge in [-0.25, -0.2) is 0 Å². The van der Waals surface area contributed by atoms with Crippen LogP contribution < -0.4 is 0 Å². The van der Waals surface area contributed by atoms with Crippen LogP contribution >= 0.6 is 15.9 Å². The van der Waals surface area contributed by atoms with Crippen LogP contribution in [0.2, 0.25) is 0 Å². The summed E-state index contributed by atoms with van der Waals surface area (Å²) in [6.45, 7) is 0. The first-order chi connectivity index (χ1) is 9.11.